The van der Waals surface area contributed by atoms with Crippen LogP contribution >= 0.6 is 22.9 Å². The van der Waals surface area contributed by atoms with Gasteiger partial charge in [0.15, 0.2) is 0 Å². The molecule has 0 radical (unpaired) electrons. The molecule has 6 heteroatoms. The molecule has 3 rings (SSSR count). The fraction of sp³-hybridized carbons (Fsp3) is 0.200. The van der Waals surface area contributed by atoms with E-state index in [4.69, 9.17) is 16.0 Å². The van der Waals surface area contributed by atoms with Crippen LogP contribution in [0.3, 0.4) is 0 Å². The van der Waals surface area contributed by atoms with Crippen molar-refractivity contribution >= 4 is 22.9 Å². The van der Waals surface area contributed by atoms with Crippen LogP contribution in [-0.2, 0) is 0 Å². The molecule has 0 aliphatic rings. The van der Waals surface area contributed by atoms with E-state index in [0.29, 0.717) is 16.8 Å². The number of benzene rings is 1. The smallest absolute Gasteiger partial charge is 0.259 e. The maximum Gasteiger partial charge on any atom is 0.259 e. The summed E-state index contributed by atoms with van der Waals surface area (Å²) in [5, 5.41) is 14.2. The zero-order chi connectivity index (χ0) is 14.7. The number of hydrogen-bond acceptors (Lipinski definition) is 5. The number of nitrogens with one attached hydrogen (secondary N) is 1. The summed E-state index contributed by atoms with van der Waals surface area (Å²) in [5.41, 5.74) is 1.09. The van der Waals surface area contributed by atoms with Crippen LogP contribution in [0.1, 0.15) is 24.4 Å². The lowest BCUT2D eigenvalue weighted by atomic mass is 10.1. The molecule has 0 fully saturated rings. The second-order valence-electron chi connectivity index (χ2n) is 4.44. The normalized spacial score (nSPS) is 12.5. The average molecular weight is 320 g/mol. The van der Waals surface area contributed by atoms with Crippen LogP contribution in [0.5, 0.6) is 0 Å². The minimum Gasteiger partial charge on any atom is -0.418 e. The topological polar surface area (TPSA) is 51.0 Å². The first-order chi connectivity index (χ1) is 10.3. The van der Waals surface area contributed by atoms with Crippen LogP contribution in [0.2, 0.25) is 5.02 Å². The van der Waals surface area contributed by atoms with Gasteiger partial charge in [0.1, 0.15) is 10.9 Å². The summed E-state index contributed by atoms with van der Waals surface area (Å²) < 4.78 is 5.82. The molecule has 0 bridgehead atoms. The molecule has 0 saturated carbocycles. The number of hydrogen-bond donors (Lipinski definition) is 1. The van der Waals surface area contributed by atoms with E-state index >= 15 is 0 Å². The van der Waals surface area contributed by atoms with Crippen molar-refractivity contribution < 1.29 is 4.42 Å². The van der Waals surface area contributed by atoms with E-state index in [1.165, 1.54) is 11.3 Å². The highest BCUT2D eigenvalue weighted by Crippen LogP contribution is 2.33. The van der Waals surface area contributed by atoms with Crippen molar-refractivity contribution in [2.45, 2.75) is 13.0 Å². The first kappa shape index (κ1) is 14.3. The highest BCUT2D eigenvalue weighted by Gasteiger charge is 2.21. The molecule has 21 heavy (non-hydrogen) atoms. The summed E-state index contributed by atoms with van der Waals surface area (Å²) in [6.07, 6.45) is 0. The molecule has 0 saturated heterocycles. The summed E-state index contributed by atoms with van der Waals surface area (Å²) >= 11 is 7.60. The largest absolute Gasteiger partial charge is 0.418 e. The third-order valence-corrected chi connectivity index (χ3v) is 4.37. The van der Waals surface area contributed by atoms with Crippen molar-refractivity contribution in [2.24, 2.45) is 0 Å². The summed E-state index contributed by atoms with van der Waals surface area (Å²) in [4.78, 5) is 0.804. The lowest BCUT2D eigenvalue weighted by Gasteiger charge is -2.13. The van der Waals surface area contributed by atoms with Crippen molar-refractivity contribution in [3.8, 4) is 10.8 Å². The highest BCUT2D eigenvalue weighted by atomic mass is 35.5. The molecule has 2 aromatic heterocycles. The van der Waals surface area contributed by atoms with Gasteiger partial charge in [-0.05, 0) is 23.6 Å². The van der Waals surface area contributed by atoms with Crippen molar-refractivity contribution in [1.29, 1.82) is 0 Å². The SMILES string of the molecule is CCNC(c1ccccc1)c1nnc(-c2sccc2Cl)o1. The quantitative estimate of drug-likeness (QED) is 0.767. The van der Waals surface area contributed by atoms with E-state index in [-0.39, 0.29) is 6.04 Å². The van der Waals surface area contributed by atoms with Gasteiger partial charge in [-0.15, -0.1) is 21.5 Å². The van der Waals surface area contributed by atoms with Crippen LogP contribution in [0.15, 0.2) is 46.2 Å². The van der Waals surface area contributed by atoms with E-state index < -0.39 is 0 Å². The second-order valence-corrected chi connectivity index (χ2v) is 5.77. The molecule has 108 valence electrons. The first-order valence-electron chi connectivity index (χ1n) is 6.64. The van der Waals surface area contributed by atoms with Gasteiger partial charge in [-0.3, -0.25) is 0 Å². The molecule has 0 spiro atoms. The number of halogens is 1. The summed E-state index contributed by atoms with van der Waals surface area (Å²) in [6.45, 7) is 2.85. The Morgan fingerprint density at radius 2 is 2.05 bits per heavy atom. The Hall–Kier alpha value is -1.69. The lowest BCUT2D eigenvalue weighted by Crippen LogP contribution is -2.22. The molecule has 1 atom stereocenters. The molecule has 3 aromatic rings. The molecule has 4 nitrogen and oxygen atoms in total. The van der Waals surface area contributed by atoms with Crippen molar-refractivity contribution in [3.05, 3.63) is 58.3 Å². The summed E-state index contributed by atoms with van der Waals surface area (Å²) in [5.74, 6) is 1.01. The van der Waals surface area contributed by atoms with Crippen LogP contribution in [0.25, 0.3) is 10.8 Å². The average Bonchev–Trinajstić information content (AvgIpc) is 3.14. The first-order valence-corrected chi connectivity index (χ1v) is 7.90. The van der Waals surface area contributed by atoms with Crippen LogP contribution in [0, 0.1) is 0 Å². The van der Waals surface area contributed by atoms with Gasteiger partial charge in [0, 0.05) is 0 Å². The molecule has 1 aromatic carbocycles. The Kier molecular flexibility index (Phi) is 4.34. The highest BCUT2D eigenvalue weighted by molar-refractivity contribution is 7.14. The standard InChI is InChI=1S/C15H14ClN3OS/c1-2-17-12(10-6-4-3-5-7-10)14-18-19-15(20-14)13-11(16)8-9-21-13/h3-9,12,17H,2H2,1H3. The monoisotopic (exact) mass is 319 g/mol. The summed E-state index contributed by atoms with van der Waals surface area (Å²) in [6, 6.07) is 11.8. The van der Waals surface area contributed by atoms with E-state index in [1.54, 1.807) is 0 Å². The number of aromatic nitrogens is 2. The van der Waals surface area contributed by atoms with Gasteiger partial charge in [-0.1, -0.05) is 48.9 Å². The molecule has 2 heterocycles. The zero-order valence-electron chi connectivity index (χ0n) is 11.4. The van der Waals surface area contributed by atoms with Crippen molar-refractivity contribution in [3.63, 3.8) is 0 Å². The van der Waals surface area contributed by atoms with E-state index in [1.807, 2.05) is 48.7 Å². The number of thiophene rings is 1. The second kappa shape index (κ2) is 6.39. The van der Waals surface area contributed by atoms with Gasteiger partial charge in [0.25, 0.3) is 5.89 Å². The van der Waals surface area contributed by atoms with Crippen LogP contribution in [0.4, 0.5) is 0 Å². The maximum atomic E-state index is 6.11. The fourth-order valence-corrected chi connectivity index (χ4v) is 3.14. The molecule has 0 aliphatic heterocycles. The minimum atomic E-state index is -0.115. The third-order valence-electron chi connectivity index (χ3n) is 3.04. The molecule has 0 amide bonds. The van der Waals surface area contributed by atoms with Gasteiger partial charge in [0.2, 0.25) is 5.89 Å². The van der Waals surface area contributed by atoms with E-state index in [0.717, 1.165) is 17.0 Å². The van der Waals surface area contributed by atoms with Gasteiger partial charge >= 0.3 is 0 Å². The zero-order valence-corrected chi connectivity index (χ0v) is 13.0. The molecular weight excluding hydrogens is 306 g/mol. The van der Waals surface area contributed by atoms with Crippen molar-refractivity contribution in [2.75, 3.05) is 6.54 Å². The Labute approximate surface area is 131 Å². The van der Waals surface area contributed by atoms with Gasteiger partial charge in [0.05, 0.1) is 5.02 Å². The predicted molar refractivity (Wildman–Crippen MR) is 84.6 cm³/mol. The molecule has 1 unspecified atom stereocenters. The molecular formula is C15H14ClN3OS. The van der Waals surface area contributed by atoms with E-state index in [2.05, 4.69) is 15.5 Å². The van der Waals surface area contributed by atoms with Crippen molar-refractivity contribution in [1.82, 2.24) is 15.5 Å². The van der Waals surface area contributed by atoms with Crippen LogP contribution in [-0.4, -0.2) is 16.7 Å². The van der Waals surface area contributed by atoms with Crippen LogP contribution < -0.4 is 5.32 Å². The number of rotatable bonds is 5. The predicted octanol–water partition coefficient (Wildman–Crippen LogP) is 4.15. The Morgan fingerprint density at radius 1 is 1.24 bits per heavy atom. The maximum absolute atomic E-state index is 6.11. The van der Waals surface area contributed by atoms with Gasteiger partial charge in [-0.25, -0.2) is 0 Å². The Bertz CT molecular complexity index is 711. The Balaban J connectivity index is 1.94. The molecule has 1 N–H and O–H groups in total. The number of nitrogens with zero attached hydrogens (tertiary/aromatic N) is 2. The Morgan fingerprint density at radius 3 is 2.71 bits per heavy atom. The van der Waals surface area contributed by atoms with Gasteiger partial charge < -0.3 is 9.73 Å². The summed E-state index contributed by atoms with van der Waals surface area (Å²) in [7, 11) is 0. The van der Waals surface area contributed by atoms with Gasteiger partial charge in [-0.2, -0.15) is 0 Å². The third kappa shape index (κ3) is 3.00. The van der Waals surface area contributed by atoms with E-state index in [9.17, 15) is 0 Å². The molecule has 0 aliphatic carbocycles. The lowest BCUT2D eigenvalue weighted by molar-refractivity contribution is 0.445. The minimum absolute atomic E-state index is 0.115. The fourth-order valence-electron chi connectivity index (χ4n) is 2.09.